The number of carbonyl (C=O) groups is 2. The molecule has 3 aromatic rings. The molecule has 0 saturated carbocycles. The summed E-state index contributed by atoms with van der Waals surface area (Å²) in [5, 5.41) is 2.79. The molecule has 220 valence electrons. The van der Waals surface area contributed by atoms with Crippen molar-refractivity contribution in [3.63, 3.8) is 0 Å². The molecule has 0 aliphatic heterocycles. The third-order valence-corrected chi connectivity index (χ3v) is 9.48. The fourth-order valence-corrected chi connectivity index (χ4v) is 7.25. The van der Waals surface area contributed by atoms with Crippen LogP contribution in [-0.4, -0.2) is 48.2 Å². The lowest BCUT2D eigenvalue weighted by Crippen LogP contribution is -2.38. The lowest BCUT2D eigenvalue weighted by Gasteiger charge is -2.25. The molecule has 14 heteroatoms. The van der Waals surface area contributed by atoms with E-state index in [-0.39, 0.29) is 32.6 Å². The summed E-state index contributed by atoms with van der Waals surface area (Å²) in [6, 6.07) is 7.32. The maximum Gasteiger partial charge on any atom is 0.416 e. The van der Waals surface area contributed by atoms with E-state index in [1.54, 1.807) is 0 Å². The fraction of sp³-hybridized carbons (Fsp3) is 0.333. The summed E-state index contributed by atoms with van der Waals surface area (Å²) in [7, 11) is -0.744. The molecule has 41 heavy (non-hydrogen) atoms. The van der Waals surface area contributed by atoms with Gasteiger partial charge in [-0.25, -0.2) is 13.2 Å². The molecule has 1 N–H and O–H groups in total. The van der Waals surface area contributed by atoms with E-state index >= 15 is 0 Å². The molecule has 1 aliphatic rings. The highest BCUT2D eigenvalue weighted by Crippen LogP contribution is 2.39. The van der Waals surface area contributed by atoms with Crippen molar-refractivity contribution in [2.24, 2.45) is 0 Å². The first-order chi connectivity index (χ1) is 19.4. The first-order valence-corrected chi connectivity index (χ1v) is 14.6. The maximum absolute atomic E-state index is 13.8. The van der Waals surface area contributed by atoms with E-state index in [1.165, 1.54) is 44.8 Å². The zero-order chi connectivity index (χ0) is 29.9. The molecule has 0 bridgehead atoms. The Morgan fingerprint density at radius 1 is 1.00 bits per heavy atom. The number of benzene rings is 2. The number of nitrogens with one attached hydrogen (secondary N) is 1. The van der Waals surface area contributed by atoms with Crippen molar-refractivity contribution < 1.29 is 45.4 Å². The number of hydrogen-bond donors (Lipinski definition) is 1. The Bertz CT molecular complexity index is 1570. The average molecular weight is 613 g/mol. The van der Waals surface area contributed by atoms with E-state index in [0.717, 1.165) is 47.5 Å². The molecule has 0 spiro atoms. The average Bonchev–Trinajstić information content (AvgIpc) is 3.32. The van der Waals surface area contributed by atoms with Gasteiger partial charge in [-0.15, -0.1) is 11.3 Å². The first-order valence-electron chi connectivity index (χ1n) is 12.4. The van der Waals surface area contributed by atoms with Crippen LogP contribution in [0.4, 0.5) is 23.9 Å². The van der Waals surface area contributed by atoms with Crippen LogP contribution in [0.25, 0.3) is 0 Å². The predicted octanol–water partition coefficient (Wildman–Crippen LogP) is 5.28. The van der Waals surface area contributed by atoms with Crippen molar-refractivity contribution in [3.05, 3.63) is 64.0 Å². The Kier molecular flexibility index (Phi) is 8.83. The molecule has 0 saturated heterocycles. The van der Waals surface area contributed by atoms with E-state index in [9.17, 15) is 31.2 Å². The number of hydrogen-bond acceptors (Lipinski definition) is 8. The summed E-state index contributed by atoms with van der Waals surface area (Å²) < 4.78 is 84.1. The number of rotatable bonds is 9. The molecule has 0 fully saturated rings. The number of halogens is 3. The summed E-state index contributed by atoms with van der Waals surface area (Å²) in [5.74, 6) is -1.22. The Balaban J connectivity index is 1.76. The molecule has 0 radical (unpaired) electrons. The van der Waals surface area contributed by atoms with Crippen molar-refractivity contribution in [2.75, 3.05) is 37.5 Å². The Hall–Kier alpha value is -3.78. The van der Waals surface area contributed by atoms with Crippen molar-refractivity contribution in [1.82, 2.24) is 0 Å². The van der Waals surface area contributed by atoms with Crippen LogP contribution in [0.15, 0.2) is 47.4 Å². The predicted molar refractivity (Wildman–Crippen MR) is 146 cm³/mol. The summed E-state index contributed by atoms with van der Waals surface area (Å²) in [6.07, 6.45) is -1.66. The molecule has 1 amide bonds. The molecular weight excluding hydrogens is 585 g/mol. The van der Waals surface area contributed by atoms with E-state index in [2.05, 4.69) is 5.32 Å². The number of nitrogens with zero attached hydrogens (tertiary/aromatic N) is 1. The summed E-state index contributed by atoms with van der Waals surface area (Å²) in [4.78, 5) is 26.5. The molecule has 2 aromatic carbocycles. The molecule has 1 aliphatic carbocycles. The second-order valence-corrected chi connectivity index (χ2v) is 12.0. The number of ether oxygens (including phenoxy) is 3. The van der Waals surface area contributed by atoms with Gasteiger partial charge in [-0.3, -0.25) is 9.10 Å². The monoisotopic (exact) mass is 612 g/mol. The first kappa shape index (κ1) is 30.2. The van der Waals surface area contributed by atoms with Crippen LogP contribution < -0.4 is 19.1 Å². The third-order valence-electron chi connectivity index (χ3n) is 6.51. The minimum Gasteiger partial charge on any atom is -0.493 e. The SMILES string of the molecule is COC(=O)c1c(NC(=O)CN(c2cccc(C(F)(F)F)c2)S(=O)(=O)c2ccc(OC)c(OC)c2)sc2c1CCCC2. The number of methoxy groups -OCH3 is 3. The van der Waals surface area contributed by atoms with Gasteiger partial charge < -0.3 is 19.5 Å². The van der Waals surface area contributed by atoms with Crippen LogP contribution in [0.3, 0.4) is 0 Å². The fourth-order valence-electron chi connectivity index (χ4n) is 4.53. The number of carbonyl (C=O) groups excluding carboxylic acids is 2. The van der Waals surface area contributed by atoms with Gasteiger partial charge in [0.25, 0.3) is 10.0 Å². The highest BCUT2D eigenvalue weighted by molar-refractivity contribution is 7.92. The standard InChI is InChI=1S/C27H27F3N2O7S2/c1-37-20-12-11-18(14-21(20)38-2)41(35,36)32(17-8-6-7-16(13-17)27(28,29)30)15-23(33)31-25-24(26(34)39-3)19-9-4-5-10-22(19)40-25/h6-8,11-14H,4-5,9-10,15H2,1-3H3,(H,31,33). The number of thiophene rings is 1. The van der Waals surface area contributed by atoms with Gasteiger partial charge >= 0.3 is 12.1 Å². The number of aryl methyl sites for hydroxylation is 1. The lowest BCUT2D eigenvalue weighted by molar-refractivity contribution is -0.137. The summed E-state index contributed by atoms with van der Waals surface area (Å²) >= 11 is 1.20. The minimum atomic E-state index is -4.76. The van der Waals surface area contributed by atoms with Gasteiger partial charge in [0, 0.05) is 10.9 Å². The summed E-state index contributed by atoms with van der Waals surface area (Å²) in [5.41, 5.74) is -0.504. The van der Waals surface area contributed by atoms with Crippen LogP contribution in [0, 0.1) is 0 Å². The third kappa shape index (κ3) is 6.27. The van der Waals surface area contributed by atoms with Gasteiger partial charge in [0.2, 0.25) is 5.91 Å². The zero-order valence-electron chi connectivity index (χ0n) is 22.3. The highest BCUT2D eigenvalue weighted by Gasteiger charge is 2.34. The number of amides is 1. The Morgan fingerprint density at radius 3 is 2.37 bits per heavy atom. The zero-order valence-corrected chi connectivity index (χ0v) is 24.0. The van der Waals surface area contributed by atoms with E-state index < -0.39 is 40.2 Å². The van der Waals surface area contributed by atoms with Crippen molar-refractivity contribution in [2.45, 2.75) is 36.8 Å². The Morgan fingerprint density at radius 2 is 1.71 bits per heavy atom. The molecule has 1 aromatic heterocycles. The van der Waals surface area contributed by atoms with Crippen molar-refractivity contribution >= 4 is 43.9 Å². The highest BCUT2D eigenvalue weighted by atomic mass is 32.2. The minimum absolute atomic E-state index is 0.0638. The van der Waals surface area contributed by atoms with E-state index in [0.29, 0.717) is 23.2 Å². The number of fused-ring (bicyclic) bond motifs is 1. The van der Waals surface area contributed by atoms with Crippen molar-refractivity contribution in [3.8, 4) is 11.5 Å². The quantitative estimate of drug-likeness (QED) is 0.327. The van der Waals surface area contributed by atoms with Crippen LogP contribution in [-0.2, 0) is 38.6 Å². The topological polar surface area (TPSA) is 111 Å². The number of anilines is 2. The molecule has 4 rings (SSSR count). The van der Waals surface area contributed by atoms with Crippen LogP contribution >= 0.6 is 11.3 Å². The normalized spacial score (nSPS) is 13.2. The van der Waals surface area contributed by atoms with Gasteiger partial charge in [-0.1, -0.05) is 6.07 Å². The van der Waals surface area contributed by atoms with Gasteiger partial charge in [-0.05, 0) is 61.6 Å². The van der Waals surface area contributed by atoms with Crippen LogP contribution in [0.1, 0.15) is 39.2 Å². The molecular formula is C27H27F3N2O7S2. The maximum atomic E-state index is 13.8. The molecule has 9 nitrogen and oxygen atoms in total. The molecule has 1 heterocycles. The van der Waals surface area contributed by atoms with Gasteiger partial charge in [-0.2, -0.15) is 13.2 Å². The number of esters is 1. The lowest BCUT2D eigenvalue weighted by atomic mass is 9.95. The second kappa shape index (κ2) is 12.0. The molecule has 0 unspecified atom stereocenters. The van der Waals surface area contributed by atoms with Crippen LogP contribution in [0.5, 0.6) is 11.5 Å². The van der Waals surface area contributed by atoms with Crippen LogP contribution in [0.2, 0.25) is 0 Å². The van der Waals surface area contributed by atoms with E-state index in [1.807, 2.05) is 0 Å². The van der Waals surface area contributed by atoms with E-state index in [4.69, 9.17) is 14.2 Å². The number of alkyl halides is 3. The Labute approximate surface area is 238 Å². The smallest absolute Gasteiger partial charge is 0.416 e. The molecule has 0 atom stereocenters. The van der Waals surface area contributed by atoms with Gasteiger partial charge in [0.1, 0.15) is 11.5 Å². The van der Waals surface area contributed by atoms with Crippen molar-refractivity contribution in [1.29, 1.82) is 0 Å². The van der Waals surface area contributed by atoms with Gasteiger partial charge in [0.15, 0.2) is 11.5 Å². The largest absolute Gasteiger partial charge is 0.493 e. The summed E-state index contributed by atoms with van der Waals surface area (Å²) in [6.45, 7) is -0.888. The second-order valence-electron chi connectivity index (χ2n) is 9.03. The van der Waals surface area contributed by atoms with Gasteiger partial charge in [0.05, 0.1) is 43.0 Å². The number of sulfonamides is 1.